The van der Waals surface area contributed by atoms with E-state index in [-0.39, 0.29) is 6.42 Å². The zero-order chi connectivity index (χ0) is 48.5. The molecular formula is C52H95NO12S. The van der Waals surface area contributed by atoms with Crippen LogP contribution in [0.5, 0.6) is 0 Å². The molecule has 66 heavy (non-hydrogen) atoms. The summed E-state index contributed by atoms with van der Waals surface area (Å²) in [4.78, 5) is 13.1. The normalized spacial score (nSPS) is 20.9. The predicted octanol–water partition coefficient (Wildman–Crippen LogP) is 10.2. The van der Waals surface area contributed by atoms with Crippen molar-refractivity contribution in [1.82, 2.24) is 5.32 Å². The Morgan fingerprint density at radius 1 is 0.621 bits per heavy atom. The highest BCUT2D eigenvalue weighted by Crippen LogP contribution is 2.26. The number of carbonyl (C=O) groups excluding carboxylic acids is 1. The molecule has 8 atom stereocenters. The molecule has 0 radical (unpaired) electrons. The van der Waals surface area contributed by atoms with Crippen molar-refractivity contribution in [1.29, 1.82) is 0 Å². The van der Waals surface area contributed by atoms with E-state index in [0.717, 1.165) is 70.6 Å². The summed E-state index contributed by atoms with van der Waals surface area (Å²) in [5.74, 6) is -0.721. The van der Waals surface area contributed by atoms with E-state index in [9.17, 15) is 43.3 Å². The van der Waals surface area contributed by atoms with Crippen molar-refractivity contribution in [3.63, 3.8) is 0 Å². The quantitative estimate of drug-likeness (QED) is 0.0173. The lowest BCUT2D eigenvalue weighted by atomic mass is 9.99. The van der Waals surface area contributed by atoms with Crippen LogP contribution in [0.1, 0.15) is 213 Å². The van der Waals surface area contributed by atoms with Crippen molar-refractivity contribution in [2.45, 2.75) is 262 Å². The van der Waals surface area contributed by atoms with Crippen LogP contribution in [0.4, 0.5) is 0 Å². The predicted molar refractivity (Wildman–Crippen MR) is 265 cm³/mol. The average molecular weight is 958 g/mol. The second-order valence-corrected chi connectivity index (χ2v) is 19.3. The van der Waals surface area contributed by atoms with Gasteiger partial charge in [0.25, 0.3) is 0 Å². The molecule has 7 N–H and O–H groups in total. The molecule has 0 aromatic rings. The highest BCUT2D eigenvalue weighted by atomic mass is 32.3. The first-order valence-electron chi connectivity index (χ1n) is 26.1. The zero-order valence-corrected chi connectivity index (χ0v) is 41.9. The number of amides is 1. The fraction of sp³-hybridized carbons (Fsp3) is 0.827. The summed E-state index contributed by atoms with van der Waals surface area (Å²) < 4.78 is 47.6. The lowest BCUT2D eigenvalue weighted by Gasteiger charge is -2.41. The summed E-state index contributed by atoms with van der Waals surface area (Å²) >= 11 is 0. The molecule has 0 aromatic heterocycles. The largest absolute Gasteiger partial charge is 0.397 e. The lowest BCUT2D eigenvalue weighted by Crippen LogP contribution is -2.61. The monoisotopic (exact) mass is 958 g/mol. The number of rotatable bonds is 44. The van der Waals surface area contributed by atoms with Crippen LogP contribution in [-0.4, -0.2) is 107 Å². The fourth-order valence-corrected chi connectivity index (χ4v) is 8.54. The number of hydrogen-bond acceptors (Lipinski definition) is 11. The Morgan fingerprint density at radius 2 is 1.06 bits per heavy atom. The van der Waals surface area contributed by atoms with Gasteiger partial charge in [-0.1, -0.05) is 197 Å². The molecular weight excluding hydrogens is 863 g/mol. The minimum atomic E-state index is -5.13. The van der Waals surface area contributed by atoms with Crippen molar-refractivity contribution >= 4 is 16.3 Å². The van der Waals surface area contributed by atoms with Crippen molar-refractivity contribution in [3.8, 4) is 0 Å². The van der Waals surface area contributed by atoms with Gasteiger partial charge in [0.05, 0.1) is 25.4 Å². The molecule has 13 nitrogen and oxygen atoms in total. The molecule has 1 aliphatic rings. The summed E-state index contributed by atoms with van der Waals surface area (Å²) in [6, 6.07) is -1.14. The van der Waals surface area contributed by atoms with Gasteiger partial charge in [-0.3, -0.25) is 9.35 Å². The molecule has 1 saturated heterocycles. The van der Waals surface area contributed by atoms with E-state index in [1.54, 1.807) is 6.08 Å². The van der Waals surface area contributed by atoms with Gasteiger partial charge in [0.15, 0.2) is 6.29 Å². The SMILES string of the molecule is CCCCC/C=C\C/C=C\CCCCCCCCC(O)C(=O)NC(COC1OC(CO)C(O)C(OS(=O)(=O)O)C1O)C(O)/C=C/CC/C=C/CCCCCCCCCCCCCCCCC. The van der Waals surface area contributed by atoms with Gasteiger partial charge < -0.3 is 40.3 Å². The minimum Gasteiger partial charge on any atom is -0.394 e. The van der Waals surface area contributed by atoms with Crippen LogP contribution in [0.2, 0.25) is 0 Å². The highest BCUT2D eigenvalue weighted by molar-refractivity contribution is 7.80. The Morgan fingerprint density at radius 3 is 1.58 bits per heavy atom. The number of unbranched alkanes of at least 4 members (excludes halogenated alkanes) is 25. The third-order valence-corrected chi connectivity index (χ3v) is 12.7. The summed E-state index contributed by atoms with van der Waals surface area (Å²) in [6.45, 7) is 3.19. The third kappa shape index (κ3) is 33.5. The van der Waals surface area contributed by atoms with E-state index in [2.05, 4.69) is 59.8 Å². The van der Waals surface area contributed by atoms with Crippen LogP contribution in [-0.2, 0) is 28.9 Å². The second kappa shape index (κ2) is 41.9. The molecule has 0 aliphatic carbocycles. The number of allylic oxidation sites excluding steroid dienone is 7. The number of ether oxygens (including phenoxy) is 2. The first kappa shape index (κ1) is 62.0. The number of carbonyl (C=O) groups is 1. The van der Waals surface area contributed by atoms with Crippen LogP contribution in [0.25, 0.3) is 0 Å². The van der Waals surface area contributed by atoms with E-state index in [1.807, 2.05) is 0 Å². The molecule has 0 spiro atoms. The number of aliphatic hydroxyl groups is 5. The summed E-state index contributed by atoms with van der Waals surface area (Å²) in [5, 5.41) is 55.3. The molecule has 1 heterocycles. The Bertz CT molecular complexity index is 1370. The standard InChI is InChI=1S/C52H95NO12S/c1-3-5-7-9-11-13-15-17-19-21-22-23-24-25-27-28-30-32-34-36-38-40-45(55)44(43-63-52-49(58)50(65-66(60,61)62)48(57)47(42-54)64-52)53-51(59)46(56)41-39-37-35-33-31-29-26-20-18-16-14-12-10-8-6-4-2/h12,14,18,20,30,32,38,40,44-50,52,54-58H,3-11,13,15-17,19,21-29,31,33-37,39,41-43H2,1-2H3,(H,53,59)(H,60,61,62)/b14-12-,20-18-,32-30+,40-38+. The number of hydrogen-bond donors (Lipinski definition) is 7. The molecule has 1 aliphatic heterocycles. The Balaban J connectivity index is 2.54. The van der Waals surface area contributed by atoms with E-state index >= 15 is 0 Å². The number of nitrogens with one attached hydrogen (secondary N) is 1. The molecule has 0 bridgehead atoms. The van der Waals surface area contributed by atoms with Gasteiger partial charge in [-0.25, -0.2) is 4.18 Å². The van der Waals surface area contributed by atoms with Gasteiger partial charge in [0, 0.05) is 0 Å². The van der Waals surface area contributed by atoms with Gasteiger partial charge in [-0.15, -0.1) is 0 Å². The van der Waals surface area contributed by atoms with Gasteiger partial charge in [0.2, 0.25) is 5.91 Å². The van der Waals surface area contributed by atoms with Crippen LogP contribution < -0.4 is 5.32 Å². The maximum absolute atomic E-state index is 13.1. The first-order valence-corrected chi connectivity index (χ1v) is 27.5. The van der Waals surface area contributed by atoms with Crippen molar-refractivity contribution in [2.24, 2.45) is 0 Å². The van der Waals surface area contributed by atoms with Crippen LogP contribution >= 0.6 is 0 Å². The molecule has 14 heteroatoms. The van der Waals surface area contributed by atoms with Gasteiger partial charge in [0.1, 0.15) is 30.5 Å². The summed E-state index contributed by atoms with van der Waals surface area (Å²) in [6.07, 6.45) is 40.4. The molecule has 1 fully saturated rings. The van der Waals surface area contributed by atoms with E-state index in [4.69, 9.17) is 9.47 Å². The first-order chi connectivity index (χ1) is 31.9. The second-order valence-electron chi connectivity index (χ2n) is 18.2. The highest BCUT2D eigenvalue weighted by Gasteiger charge is 2.48. The lowest BCUT2D eigenvalue weighted by molar-refractivity contribution is -0.298. The maximum Gasteiger partial charge on any atom is 0.397 e. The Hall–Kier alpha value is -1.98. The van der Waals surface area contributed by atoms with Crippen molar-refractivity contribution < 1.29 is 57.0 Å². The fourth-order valence-electron chi connectivity index (χ4n) is 8.04. The van der Waals surface area contributed by atoms with Crippen LogP contribution in [0, 0.1) is 0 Å². The van der Waals surface area contributed by atoms with Gasteiger partial charge in [-0.2, -0.15) is 8.42 Å². The molecule has 8 unspecified atom stereocenters. The molecule has 0 saturated carbocycles. The topological polar surface area (TPSA) is 212 Å². The van der Waals surface area contributed by atoms with E-state index < -0.39 is 78.5 Å². The Kier molecular flexibility index (Phi) is 39.4. The summed E-state index contributed by atoms with van der Waals surface area (Å²) in [5.41, 5.74) is 0. The van der Waals surface area contributed by atoms with Crippen molar-refractivity contribution in [2.75, 3.05) is 13.2 Å². The molecule has 1 rings (SSSR count). The van der Waals surface area contributed by atoms with E-state index in [1.165, 1.54) is 115 Å². The van der Waals surface area contributed by atoms with Crippen LogP contribution in [0.15, 0.2) is 48.6 Å². The molecule has 0 aromatic carbocycles. The molecule has 386 valence electrons. The minimum absolute atomic E-state index is 0.223. The van der Waals surface area contributed by atoms with Crippen molar-refractivity contribution in [3.05, 3.63) is 48.6 Å². The average Bonchev–Trinajstić information content (AvgIpc) is 3.29. The third-order valence-electron chi connectivity index (χ3n) is 12.2. The van der Waals surface area contributed by atoms with Crippen LogP contribution in [0.3, 0.4) is 0 Å². The number of aliphatic hydroxyl groups excluding tert-OH is 5. The Labute approximate surface area is 400 Å². The zero-order valence-electron chi connectivity index (χ0n) is 41.1. The van der Waals surface area contributed by atoms with Gasteiger partial charge in [-0.05, 0) is 64.2 Å². The van der Waals surface area contributed by atoms with E-state index in [0.29, 0.717) is 12.8 Å². The summed E-state index contributed by atoms with van der Waals surface area (Å²) in [7, 11) is -5.13. The van der Waals surface area contributed by atoms with Gasteiger partial charge >= 0.3 is 10.4 Å². The smallest absolute Gasteiger partial charge is 0.394 e. The maximum atomic E-state index is 13.1. The molecule has 1 amide bonds.